The maximum absolute atomic E-state index is 9.77. The summed E-state index contributed by atoms with van der Waals surface area (Å²) < 4.78 is 0. The Morgan fingerprint density at radius 1 is 0.600 bits per heavy atom. The van der Waals surface area contributed by atoms with Gasteiger partial charge in [-0.25, -0.2) is 0 Å². The van der Waals surface area contributed by atoms with E-state index in [9.17, 15) is 10.2 Å². The number of hydrogen-bond donors (Lipinski definition) is 2. The molecule has 3 aromatic carbocycles. The fourth-order valence-electron chi connectivity index (χ4n) is 4.31. The van der Waals surface area contributed by atoms with E-state index in [1.165, 1.54) is 33.4 Å². The highest BCUT2D eigenvalue weighted by atomic mass is 16.3. The van der Waals surface area contributed by atoms with E-state index < -0.39 is 0 Å². The second-order valence-corrected chi connectivity index (χ2v) is 6.70. The number of rotatable bonds is 5. The van der Waals surface area contributed by atoms with Gasteiger partial charge in [0.2, 0.25) is 0 Å². The first-order chi connectivity index (χ1) is 12.3. The van der Waals surface area contributed by atoms with Gasteiger partial charge in [0.15, 0.2) is 0 Å². The zero-order valence-electron chi connectivity index (χ0n) is 14.2. The maximum atomic E-state index is 9.77. The molecule has 0 unspecified atom stereocenters. The highest BCUT2D eigenvalue weighted by molar-refractivity contribution is 5.83. The van der Waals surface area contributed by atoms with Crippen LogP contribution in [0.5, 0.6) is 0 Å². The van der Waals surface area contributed by atoms with Gasteiger partial charge in [-0.05, 0) is 52.3 Å². The molecule has 0 heterocycles. The number of aliphatic hydroxyl groups excluding tert-OH is 2. The number of fused-ring (bicyclic) bond motifs is 3. The molecule has 0 aliphatic heterocycles. The summed E-state index contributed by atoms with van der Waals surface area (Å²) in [5.41, 5.74) is 6.92. The van der Waals surface area contributed by atoms with E-state index in [0.29, 0.717) is 12.8 Å². The molecule has 3 aromatic rings. The van der Waals surface area contributed by atoms with E-state index in [0.717, 1.165) is 0 Å². The van der Waals surface area contributed by atoms with Crippen molar-refractivity contribution in [1.82, 2.24) is 0 Å². The molecule has 126 valence electrons. The van der Waals surface area contributed by atoms with Crippen LogP contribution in [0.1, 0.15) is 24.0 Å². The Labute approximate surface area is 148 Å². The summed E-state index contributed by atoms with van der Waals surface area (Å²) in [5, 5.41) is 19.5. The predicted octanol–water partition coefficient (Wildman–Crippen LogP) is 4.38. The molecule has 1 aliphatic rings. The summed E-state index contributed by atoms with van der Waals surface area (Å²) in [6, 6.07) is 25.3. The predicted molar refractivity (Wildman–Crippen MR) is 101 cm³/mol. The summed E-state index contributed by atoms with van der Waals surface area (Å²) in [4.78, 5) is 0. The Balaban J connectivity index is 1.95. The van der Waals surface area contributed by atoms with Gasteiger partial charge in [0.1, 0.15) is 0 Å². The first-order valence-corrected chi connectivity index (χ1v) is 8.82. The Kier molecular flexibility index (Phi) is 4.16. The van der Waals surface area contributed by atoms with Gasteiger partial charge in [-0.3, -0.25) is 0 Å². The van der Waals surface area contributed by atoms with Crippen LogP contribution in [-0.4, -0.2) is 23.4 Å². The number of benzene rings is 3. The summed E-state index contributed by atoms with van der Waals surface area (Å²) in [6.45, 7) is 0.201. The van der Waals surface area contributed by atoms with Crippen LogP contribution in [0.15, 0.2) is 72.8 Å². The average molecular weight is 330 g/mol. The molecule has 0 spiro atoms. The average Bonchev–Trinajstić information content (AvgIpc) is 2.93. The lowest BCUT2D eigenvalue weighted by molar-refractivity contribution is 0.213. The molecule has 2 nitrogen and oxygen atoms in total. The van der Waals surface area contributed by atoms with Gasteiger partial charge in [0.05, 0.1) is 0 Å². The first kappa shape index (κ1) is 16.1. The molecule has 0 saturated heterocycles. The summed E-state index contributed by atoms with van der Waals surface area (Å²) in [7, 11) is 0. The first-order valence-electron chi connectivity index (χ1n) is 8.82. The van der Waals surface area contributed by atoms with E-state index in [2.05, 4.69) is 48.5 Å². The third-order valence-corrected chi connectivity index (χ3v) is 5.45. The zero-order chi connectivity index (χ0) is 17.3. The van der Waals surface area contributed by atoms with Crippen LogP contribution in [0.3, 0.4) is 0 Å². The van der Waals surface area contributed by atoms with Crippen molar-refractivity contribution in [3.63, 3.8) is 0 Å². The highest BCUT2D eigenvalue weighted by Crippen LogP contribution is 2.53. The van der Waals surface area contributed by atoms with E-state index in [1.807, 2.05) is 24.3 Å². The standard InChI is InChI=1S/C23H22O2/c24-14-12-23(13-15-25)21-9-5-4-8-19(21)20-11-10-18(16-22(20)23)17-6-2-1-3-7-17/h1-11,16,24-25H,12-15H2. The Hall–Kier alpha value is -2.42. The molecule has 2 N–H and O–H groups in total. The highest BCUT2D eigenvalue weighted by Gasteiger charge is 2.42. The Morgan fingerprint density at radius 3 is 1.96 bits per heavy atom. The molecule has 0 fully saturated rings. The van der Waals surface area contributed by atoms with E-state index in [1.54, 1.807) is 0 Å². The van der Waals surface area contributed by atoms with Crippen LogP contribution < -0.4 is 0 Å². The Bertz CT molecular complexity index is 878. The Morgan fingerprint density at radius 2 is 1.24 bits per heavy atom. The lowest BCUT2D eigenvalue weighted by Crippen LogP contribution is -2.28. The molecular weight excluding hydrogens is 308 g/mol. The summed E-state index contributed by atoms with van der Waals surface area (Å²) in [5.74, 6) is 0. The smallest absolute Gasteiger partial charge is 0.0442 e. The molecule has 0 bridgehead atoms. The minimum atomic E-state index is -0.319. The maximum Gasteiger partial charge on any atom is 0.0442 e. The molecule has 0 aromatic heterocycles. The van der Waals surface area contributed by atoms with Crippen LogP contribution in [0.2, 0.25) is 0 Å². The fourth-order valence-corrected chi connectivity index (χ4v) is 4.31. The second-order valence-electron chi connectivity index (χ2n) is 6.70. The van der Waals surface area contributed by atoms with Crippen molar-refractivity contribution >= 4 is 0 Å². The largest absolute Gasteiger partial charge is 0.396 e. The van der Waals surface area contributed by atoms with Crippen LogP contribution >= 0.6 is 0 Å². The third kappa shape index (κ3) is 2.50. The molecule has 2 heteroatoms. The lowest BCUT2D eigenvalue weighted by atomic mass is 9.73. The number of hydrogen-bond acceptors (Lipinski definition) is 2. The van der Waals surface area contributed by atoms with Crippen molar-refractivity contribution in [1.29, 1.82) is 0 Å². The fraction of sp³-hybridized carbons (Fsp3) is 0.217. The van der Waals surface area contributed by atoms with Gasteiger partial charge in [-0.15, -0.1) is 0 Å². The van der Waals surface area contributed by atoms with Crippen molar-refractivity contribution in [3.05, 3.63) is 83.9 Å². The van der Waals surface area contributed by atoms with Gasteiger partial charge in [-0.2, -0.15) is 0 Å². The molecule has 1 aliphatic carbocycles. The molecule has 4 rings (SSSR count). The van der Waals surface area contributed by atoms with Crippen LogP contribution in [-0.2, 0) is 5.41 Å². The second kappa shape index (κ2) is 6.47. The SMILES string of the molecule is OCCC1(CCO)c2ccccc2-c2ccc(-c3ccccc3)cc21. The quantitative estimate of drug-likeness (QED) is 0.728. The van der Waals surface area contributed by atoms with E-state index >= 15 is 0 Å². The minimum absolute atomic E-state index is 0.101. The third-order valence-electron chi connectivity index (χ3n) is 5.45. The molecule has 0 saturated carbocycles. The van der Waals surface area contributed by atoms with Gasteiger partial charge in [-0.1, -0.05) is 66.7 Å². The number of aliphatic hydroxyl groups is 2. The van der Waals surface area contributed by atoms with Crippen molar-refractivity contribution < 1.29 is 10.2 Å². The minimum Gasteiger partial charge on any atom is -0.396 e. The topological polar surface area (TPSA) is 40.5 Å². The lowest BCUT2D eigenvalue weighted by Gasteiger charge is -2.31. The van der Waals surface area contributed by atoms with Gasteiger partial charge < -0.3 is 10.2 Å². The van der Waals surface area contributed by atoms with Gasteiger partial charge in [0.25, 0.3) is 0 Å². The van der Waals surface area contributed by atoms with E-state index in [4.69, 9.17) is 0 Å². The summed E-state index contributed by atoms with van der Waals surface area (Å²) >= 11 is 0. The van der Waals surface area contributed by atoms with Gasteiger partial charge in [0, 0.05) is 18.6 Å². The van der Waals surface area contributed by atoms with Crippen molar-refractivity contribution in [2.45, 2.75) is 18.3 Å². The van der Waals surface area contributed by atoms with Gasteiger partial charge >= 0.3 is 0 Å². The van der Waals surface area contributed by atoms with Crippen molar-refractivity contribution in [2.24, 2.45) is 0 Å². The van der Waals surface area contributed by atoms with E-state index in [-0.39, 0.29) is 18.6 Å². The molecule has 25 heavy (non-hydrogen) atoms. The van der Waals surface area contributed by atoms with Crippen molar-refractivity contribution in [3.8, 4) is 22.3 Å². The van der Waals surface area contributed by atoms with Crippen LogP contribution in [0.25, 0.3) is 22.3 Å². The normalized spacial score (nSPS) is 14.2. The van der Waals surface area contributed by atoms with Crippen LogP contribution in [0, 0.1) is 0 Å². The summed E-state index contributed by atoms with van der Waals surface area (Å²) in [6.07, 6.45) is 1.24. The zero-order valence-corrected chi connectivity index (χ0v) is 14.2. The molecule has 0 amide bonds. The molecule has 0 atom stereocenters. The van der Waals surface area contributed by atoms with Crippen LogP contribution in [0.4, 0.5) is 0 Å². The molecule has 0 radical (unpaired) electrons. The monoisotopic (exact) mass is 330 g/mol. The molecular formula is C23H22O2. The van der Waals surface area contributed by atoms with Crippen molar-refractivity contribution in [2.75, 3.05) is 13.2 Å².